The number of amides is 1. The van der Waals surface area contributed by atoms with Gasteiger partial charge in [0.25, 0.3) is 0 Å². The normalized spacial score (nSPS) is 16.2. The van der Waals surface area contributed by atoms with E-state index in [1.54, 1.807) is 16.2 Å². The van der Waals surface area contributed by atoms with E-state index in [0.717, 1.165) is 24.0 Å². The number of carbonyl (C=O) groups excluding carboxylic acids is 1. The number of thiazole rings is 1. The van der Waals surface area contributed by atoms with Gasteiger partial charge in [0.15, 0.2) is 5.13 Å². The predicted molar refractivity (Wildman–Crippen MR) is 88.5 cm³/mol. The molecule has 0 N–H and O–H groups in total. The molecule has 0 bridgehead atoms. The molecule has 1 fully saturated rings. The molecule has 0 atom stereocenters. The van der Waals surface area contributed by atoms with Crippen LogP contribution in [0.4, 0.5) is 9.93 Å². The van der Waals surface area contributed by atoms with E-state index in [2.05, 4.69) is 16.8 Å². The number of thioether (sulfide) groups is 1. The van der Waals surface area contributed by atoms with Crippen LogP contribution in [0.5, 0.6) is 0 Å². The maximum Gasteiger partial charge on any atom is 0.410 e. The van der Waals surface area contributed by atoms with Gasteiger partial charge < -0.3 is 14.5 Å². The van der Waals surface area contributed by atoms with Gasteiger partial charge in [0.2, 0.25) is 0 Å². The third-order valence-corrected chi connectivity index (χ3v) is 5.10. The van der Waals surface area contributed by atoms with E-state index in [1.807, 2.05) is 38.7 Å². The molecule has 0 unspecified atom stereocenters. The van der Waals surface area contributed by atoms with Crippen molar-refractivity contribution >= 4 is 34.3 Å². The lowest BCUT2D eigenvalue weighted by molar-refractivity contribution is 0.0240. The van der Waals surface area contributed by atoms with E-state index >= 15 is 0 Å². The molecule has 1 aliphatic heterocycles. The number of rotatable bonds is 3. The first-order valence-corrected chi connectivity index (χ1v) is 9.01. The summed E-state index contributed by atoms with van der Waals surface area (Å²) in [6.07, 6.45) is 1.72. The molecular weight excluding hydrogens is 306 g/mol. The van der Waals surface area contributed by atoms with Crippen LogP contribution >= 0.6 is 23.1 Å². The first kappa shape index (κ1) is 16.4. The van der Waals surface area contributed by atoms with Gasteiger partial charge in [-0.2, -0.15) is 0 Å². The van der Waals surface area contributed by atoms with Crippen molar-refractivity contribution in [3.8, 4) is 0 Å². The Kier molecular flexibility index (Phi) is 5.37. The van der Waals surface area contributed by atoms with Gasteiger partial charge in [0.05, 0.1) is 10.4 Å². The average Bonchev–Trinajstić information content (AvgIpc) is 2.86. The van der Waals surface area contributed by atoms with Crippen molar-refractivity contribution in [3.05, 3.63) is 6.20 Å². The molecule has 118 valence electrons. The summed E-state index contributed by atoms with van der Waals surface area (Å²) in [6.45, 7) is 10.8. The molecule has 2 rings (SSSR count). The van der Waals surface area contributed by atoms with Crippen LogP contribution in [0.15, 0.2) is 10.4 Å². The standard InChI is InChI=1S/C14H23N3O2S2/c1-5-20-11-10-15-12(21-11)16-6-8-17(9-7-16)13(18)19-14(2,3)4/h10H,5-9H2,1-4H3. The topological polar surface area (TPSA) is 45.7 Å². The molecule has 0 aromatic carbocycles. The summed E-state index contributed by atoms with van der Waals surface area (Å²) in [5.74, 6) is 1.06. The molecule has 1 amide bonds. The number of piperazine rings is 1. The molecule has 1 aromatic rings. The van der Waals surface area contributed by atoms with Crippen molar-refractivity contribution in [3.63, 3.8) is 0 Å². The Morgan fingerprint density at radius 2 is 2.05 bits per heavy atom. The van der Waals surface area contributed by atoms with Gasteiger partial charge >= 0.3 is 6.09 Å². The molecule has 21 heavy (non-hydrogen) atoms. The van der Waals surface area contributed by atoms with Crippen molar-refractivity contribution in [1.29, 1.82) is 0 Å². The maximum absolute atomic E-state index is 12.0. The number of ether oxygens (including phenoxy) is 1. The van der Waals surface area contributed by atoms with Gasteiger partial charge in [-0.05, 0) is 26.5 Å². The van der Waals surface area contributed by atoms with Crippen LogP contribution in [-0.2, 0) is 4.74 Å². The minimum Gasteiger partial charge on any atom is -0.444 e. The molecule has 0 spiro atoms. The van der Waals surface area contributed by atoms with Gasteiger partial charge in [-0.25, -0.2) is 9.78 Å². The van der Waals surface area contributed by atoms with Crippen molar-refractivity contribution in [2.24, 2.45) is 0 Å². The summed E-state index contributed by atoms with van der Waals surface area (Å²) < 4.78 is 6.66. The number of carbonyl (C=O) groups is 1. The largest absolute Gasteiger partial charge is 0.444 e. The summed E-state index contributed by atoms with van der Waals surface area (Å²) in [4.78, 5) is 20.5. The second-order valence-corrected chi connectivity index (χ2v) is 8.42. The zero-order chi connectivity index (χ0) is 15.5. The van der Waals surface area contributed by atoms with E-state index < -0.39 is 5.60 Å². The van der Waals surface area contributed by atoms with Crippen molar-refractivity contribution in [2.75, 3.05) is 36.8 Å². The zero-order valence-corrected chi connectivity index (χ0v) is 14.7. The first-order valence-electron chi connectivity index (χ1n) is 7.20. The van der Waals surface area contributed by atoms with Crippen molar-refractivity contribution in [1.82, 2.24) is 9.88 Å². The molecule has 5 nitrogen and oxygen atoms in total. The lowest BCUT2D eigenvalue weighted by Crippen LogP contribution is -2.50. The van der Waals surface area contributed by atoms with Crippen LogP contribution in [0, 0.1) is 0 Å². The minimum absolute atomic E-state index is 0.219. The van der Waals surface area contributed by atoms with E-state index in [-0.39, 0.29) is 6.09 Å². The Morgan fingerprint density at radius 3 is 2.62 bits per heavy atom. The number of anilines is 1. The summed E-state index contributed by atoms with van der Waals surface area (Å²) in [7, 11) is 0. The van der Waals surface area contributed by atoms with Gasteiger partial charge in [0, 0.05) is 26.2 Å². The highest BCUT2D eigenvalue weighted by Gasteiger charge is 2.26. The molecule has 2 heterocycles. The zero-order valence-electron chi connectivity index (χ0n) is 13.1. The van der Waals surface area contributed by atoms with Crippen LogP contribution in [0.25, 0.3) is 0 Å². The van der Waals surface area contributed by atoms with Crippen LogP contribution in [0.1, 0.15) is 27.7 Å². The highest BCUT2D eigenvalue weighted by Crippen LogP contribution is 2.30. The molecule has 0 saturated carbocycles. The third kappa shape index (κ3) is 4.78. The molecule has 7 heteroatoms. The van der Waals surface area contributed by atoms with Crippen molar-refractivity contribution in [2.45, 2.75) is 37.5 Å². The van der Waals surface area contributed by atoms with E-state index in [0.29, 0.717) is 13.1 Å². The number of hydrogen-bond acceptors (Lipinski definition) is 6. The van der Waals surface area contributed by atoms with Crippen molar-refractivity contribution < 1.29 is 9.53 Å². The Bertz CT molecular complexity index is 477. The third-order valence-electron chi connectivity index (χ3n) is 2.96. The second kappa shape index (κ2) is 6.87. The molecule has 0 aliphatic carbocycles. The Balaban J connectivity index is 1.86. The van der Waals surface area contributed by atoms with Gasteiger partial charge in [-0.3, -0.25) is 0 Å². The predicted octanol–water partition coefficient (Wildman–Crippen LogP) is 3.31. The van der Waals surface area contributed by atoms with Crippen LogP contribution < -0.4 is 4.90 Å². The van der Waals surface area contributed by atoms with Gasteiger partial charge in [-0.15, -0.1) is 11.8 Å². The van der Waals surface area contributed by atoms with Crippen LogP contribution in [0.3, 0.4) is 0 Å². The molecular formula is C14H23N3O2S2. The Labute approximate surface area is 134 Å². The Morgan fingerprint density at radius 1 is 1.38 bits per heavy atom. The maximum atomic E-state index is 12.0. The number of nitrogens with zero attached hydrogens (tertiary/aromatic N) is 3. The summed E-state index contributed by atoms with van der Waals surface area (Å²) in [6, 6.07) is 0. The molecule has 1 aromatic heterocycles. The van der Waals surface area contributed by atoms with E-state index in [9.17, 15) is 4.79 Å². The van der Waals surface area contributed by atoms with Crippen LogP contribution in [0.2, 0.25) is 0 Å². The fourth-order valence-electron chi connectivity index (χ4n) is 2.01. The molecule has 0 radical (unpaired) electrons. The summed E-state index contributed by atoms with van der Waals surface area (Å²) >= 11 is 3.54. The highest BCUT2D eigenvalue weighted by molar-refractivity contribution is 8.01. The number of aromatic nitrogens is 1. The second-order valence-electron chi connectivity index (χ2n) is 5.85. The summed E-state index contributed by atoms with van der Waals surface area (Å²) in [5.41, 5.74) is -0.435. The molecule has 1 saturated heterocycles. The van der Waals surface area contributed by atoms with Gasteiger partial charge in [0.1, 0.15) is 5.60 Å². The Hall–Kier alpha value is -0.950. The van der Waals surface area contributed by atoms with E-state index in [1.165, 1.54) is 4.21 Å². The fourth-order valence-corrected chi connectivity index (χ4v) is 3.94. The molecule has 1 aliphatic rings. The lowest BCUT2D eigenvalue weighted by Gasteiger charge is -2.35. The number of hydrogen-bond donors (Lipinski definition) is 0. The monoisotopic (exact) mass is 329 g/mol. The van der Waals surface area contributed by atoms with Crippen LogP contribution in [-0.4, -0.2) is 53.5 Å². The smallest absolute Gasteiger partial charge is 0.410 e. The highest BCUT2D eigenvalue weighted by atomic mass is 32.2. The SMILES string of the molecule is CCSc1cnc(N2CCN(C(=O)OC(C)(C)C)CC2)s1. The first-order chi connectivity index (χ1) is 9.89. The van der Waals surface area contributed by atoms with Gasteiger partial charge in [-0.1, -0.05) is 18.3 Å². The quantitative estimate of drug-likeness (QED) is 0.796. The fraction of sp³-hybridized carbons (Fsp3) is 0.714. The minimum atomic E-state index is -0.435. The van der Waals surface area contributed by atoms with E-state index in [4.69, 9.17) is 4.74 Å². The average molecular weight is 329 g/mol. The lowest BCUT2D eigenvalue weighted by atomic mass is 10.2. The summed E-state index contributed by atoms with van der Waals surface area (Å²) in [5, 5.41) is 1.05.